The van der Waals surface area contributed by atoms with Crippen LogP contribution < -0.4 is 5.32 Å². The Kier molecular flexibility index (Phi) is 6.25. The second-order valence-corrected chi connectivity index (χ2v) is 8.53. The predicted molar refractivity (Wildman–Crippen MR) is 121 cm³/mol. The minimum absolute atomic E-state index is 0.0758. The van der Waals surface area contributed by atoms with Crippen LogP contribution in [0.25, 0.3) is 10.9 Å². The van der Waals surface area contributed by atoms with Crippen molar-refractivity contribution in [2.75, 3.05) is 0 Å². The van der Waals surface area contributed by atoms with Crippen molar-refractivity contribution in [3.63, 3.8) is 0 Å². The van der Waals surface area contributed by atoms with Crippen LogP contribution >= 0.6 is 11.6 Å². The van der Waals surface area contributed by atoms with Crippen LogP contribution in [0.5, 0.6) is 0 Å². The molecule has 0 aliphatic heterocycles. The molecule has 1 heterocycles. The van der Waals surface area contributed by atoms with Gasteiger partial charge < -0.3 is 10.3 Å². The van der Waals surface area contributed by atoms with Crippen molar-refractivity contribution in [2.45, 2.75) is 63.8 Å². The van der Waals surface area contributed by atoms with Crippen LogP contribution in [0, 0.1) is 0 Å². The van der Waals surface area contributed by atoms with Gasteiger partial charge in [-0.25, -0.2) is 0 Å². The first-order valence-electron chi connectivity index (χ1n) is 10.8. The number of hydrogen-bond acceptors (Lipinski definition) is 1. The monoisotopic (exact) mass is 408 g/mol. The first kappa shape index (κ1) is 20.0. The Hall–Kier alpha value is -2.26. The first-order valence-corrected chi connectivity index (χ1v) is 11.2. The van der Waals surface area contributed by atoms with E-state index in [1.165, 1.54) is 30.2 Å². The second kappa shape index (κ2) is 9.04. The molecule has 152 valence electrons. The van der Waals surface area contributed by atoms with Gasteiger partial charge in [0.15, 0.2) is 0 Å². The van der Waals surface area contributed by atoms with Gasteiger partial charge in [0.05, 0.1) is 0 Å². The highest BCUT2D eigenvalue weighted by atomic mass is 35.5. The van der Waals surface area contributed by atoms with Crippen LogP contribution in [0.4, 0.5) is 0 Å². The predicted octanol–water partition coefficient (Wildman–Crippen LogP) is 6.35. The molecule has 1 aliphatic rings. The molecule has 2 N–H and O–H groups in total. The Balaban J connectivity index is 1.68. The van der Waals surface area contributed by atoms with Gasteiger partial charge in [0, 0.05) is 40.5 Å². The minimum atomic E-state index is -0.0758. The van der Waals surface area contributed by atoms with Crippen molar-refractivity contribution >= 4 is 28.4 Å². The van der Waals surface area contributed by atoms with Crippen LogP contribution in [0.3, 0.4) is 0 Å². The van der Waals surface area contributed by atoms with Gasteiger partial charge in [0.25, 0.3) is 0 Å². The third-order valence-corrected chi connectivity index (χ3v) is 6.57. The average molecular weight is 409 g/mol. The smallest absolute Gasteiger partial charge is 0.221 e. The molecule has 4 rings (SSSR count). The van der Waals surface area contributed by atoms with Gasteiger partial charge >= 0.3 is 0 Å². The largest absolute Gasteiger partial charge is 0.361 e. The van der Waals surface area contributed by atoms with Crippen molar-refractivity contribution in [2.24, 2.45) is 0 Å². The summed E-state index contributed by atoms with van der Waals surface area (Å²) in [5.74, 6) is 0.0379. The average Bonchev–Trinajstić information content (AvgIpc) is 3.17. The lowest BCUT2D eigenvalue weighted by Crippen LogP contribution is -2.36. The number of para-hydroxylation sites is 1. The summed E-state index contributed by atoms with van der Waals surface area (Å²) in [7, 11) is 0. The van der Waals surface area contributed by atoms with Gasteiger partial charge in [0.1, 0.15) is 0 Å². The zero-order valence-corrected chi connectivity index (χ0v) is 17.8. The van der Waals surface area contributed by atoms with E-state index in [0.29, 0.717) is 17.5 Å². The Morgan fingerprint density at radius 3 is 2.66 bits per heavy atom. The lowest BCUT2D eigenvalue weighted by molar-refractivity contribution is -0.122. The highest BCUT2D eigenvalue weighted by Crippen LogP contribution is 2.37. The molecule has 1 aliphatic carbocycles. The maximum absolute atomic E-state index is 13.0. The number of carbonyl (C=O) groups excluding carboxylic acids is 1. The number of hydrogen-bond donors (Lipinski definition) is 2. The molecule has 0 saturated heterocycles. The number of rotatable bonds is 6. The molecular weight excluding hydrogens is 380 g/mol. The van der Waals surface area contributed by atoms with E-state index >= 15 is 0 Å². The van der Waals surface area contributed by atoms with E-state index in [1.807, 2.05) is 24.3 Å². The highest BCUT2D eigenvalue weighted by Gasteiger charge is 2.25. The fraction of sp³-hybridized carbons (Fsp3) is 0.400. The molecule has 1 saturated carbocycles. The summed E-state index contributed by atoms with van der Waals surface area (Å²) in [5, 5.41) is 5.17. The van der Waals surface area contributed by atoms with E-state index in [2.05, 4.69) is 41.6 Å². The van der Waals surface area contributed by atoms with Gasteiger partial charge in [-0.05, 0) is 42.0 Å². The molecule has 2 aromatic carbocycles. The number of nitrogens with one attached hydrogen (secondary N) is 2. The summed E-state index contributed by atoms with van der Waals surface area (Å²) in [6, 6.07) is 14.6. The SMILES string of the molecule is CCc1cccc2c([C@H](CC(=O)NC3CCCCC3)c3ccccc3Cl)c[nH]c12. The van der Waals surface area contributed by atoms with Gasteiger partial charge in [-0.3, -0.25) is 4.79 Å². The molecule has 1 aromatic heterocycles. The summed E-state index contributed by atoms with van der Waals surface area (Å²) < 4.78 is 0. The van der Waals surface area contributed by atoms with Crippen LogP contribution in [0.1, 0.15) is 68.1 Å². The van der Waals surface area contributed by atoms with Gasteiger partial charge in [-0.15, -0.1) is 0 Å². The van der Waals surface area contributed by atoms with Gasteiger partial charge in [-0.2, -0.15) is 0 Å². The van der Waals surface area contributed by atoms with Gasteiger partial charge in [-0.1, -0.05) is 74.2 Å². The summed E-state index contributed by atoms with van der Waals surface area (Å²) >= 11 is 6.58. The topological polar surface area (TPSA) is 44.9 Å². The number of aromatic amines is 1. The number of aromatic nitrogens is 1. The molecule has 4 heteroatoms. The molecule has 0 bridgehead atoms. The van der Waals surface area contributed by atoms with E-state index in [0.717, 1.165) is 35.9 Å². The Morgan fingerprint density at radius 1 is 1.10 bits per heavy atom. The fourth-order valence-corrected chi connectivity index (χ4v) is 4.95. The molecule has 0 spiro atoms. The summed E-state index contributed by atoms with van der Waals surface area (Å²) in [6.45, 7) is 2.17. The number of amides is 1. The second-order valence-electron chi connectivity index (χ2n) is 8.12. The molecule has 3 aromatic rings. The van der Waals surface area contributed by atoms with Crippen LogP contribution in [-0.2, 0) is 11.2 Å². The molecule has 0 unspecified atom stereocenters. The van der Waals surface area contributed by atoms with Crippen LogP contribution in [0.2, 0.25) is 5.02 Å². The quantitative estimate of drug-likeness (QED) is 0.490. The Bertz CT molecular complexity index is 987. The number of aryl methyl sites for hydroxylation is 1. The molecule has 1 fully saturated rings. The van der Waals surface area contributed by atoms with Gasteiger partial charge in [0.2, 0.25) is 5.91 Å². The van der Waals surface area contributed by atoms with E-state index in [4.69, 9.17) is 11.6 Å². The minimum Gasteiger partial charge on any atom is -0.361 e. The molecule has 1 atom stereocenters. The van der Waals surface area contributed by atoms with E-state index in [1.54, 1.807) is 0 Å². The third kappa shape index (κ3) is 4.35. The number of benzene rings is 2. The summed E-state index contributed by atoms with van der Waals surface area (Å²) in [6.07, 6.45) is 9.32. The van der Waals surface area contributed by atoms with Crippen molar-refractivity contribution in [1.82, 2.24) is 10.3 Å². The molecule has 1 amide bonds. The zero-order valence-electron chi connectivity index (χ0n) is 17.0. The van der Waals surface area contributed by atoms with E-state index in [9.17, 15) is 4.79 Å². The van der Waals surface area contributed by atoms with Crippen molar-refractivity contribution < 1.29 is 4.79 Å². The summed E-state index contributed by atoms with van der Waals surface area (Å²) in [5.41, 5.74) is 4.60. The molecule has 29 heavy (non-hydrogen) atoms. The molecule has 3 nitrogen and oxygen atoms in total. The van der Waals surface area contributed by atoms with E-state index < -0.39 is 0 Å². The Morgan fingerprint density at radius 2 is 1.90 bits per heavy atom. The lowest BCUT2D eigenvalue weighted by Gasteiger charge is -2.24. The lowest BCUT2D eigenvalue weighted by atomic mass is 9.87. The van der Waals surface area contributed by atoms with Crippen LogP contribution in [-0.4, -0.2) is 16.9 Å². The first-order chi connectivity index (χ1) is 14.2. The number of halogens is 1. The maximum atomic E-state index is 13.0. The molecule has 0 radical (unpaired) electrons. The summed E-state index contributed by atoms with van der Waals surface area (Å²) in [4.78, 5) is 16.5. The highest BCUT2D eigenvalue weighted by molar-refractivity contribution is 6.31. The standard InChI is InChI=1S/C25H29ClN2O/c1-2-17-9-8-13-20-22(16-27-25(17)20)21(19-12-6-7-14-23(19)26)15-24(29)28-18-10-4-3-5-11-18/h6-9,12-14,16,18,21,27H,2-5,10-11,15H2,1H3,(H,28,29)/t21-/m1/s1. The zero-order chi connectivity index (χ0) is 20.2. The van der Waals surface area contributed by atoms with E-state index in [-0.39, 0.29) is 11.8 Å². The van der Waals surface area contributed by atoms with Crippen molar-refractivity contribution in [3.8, 4) is 0 Å². The Labute approximate surface area is 177 Å². The van der Waals surface area contributed by atoms with Crippen molar-refractivity contribution in [3.05, 3.63) is 70.4 Å². The molecular formula is C25H29ClN2O. The van der Waals surface area contributed by atoms with Crippen molar-refractivity contribution in [1.29, 1.82) is 0 Å². The number of fused-ring (bicyclic) bond motifs is 1. The normalized spacial score (nSPS) is 16.1. The number of carbonyl (C=O) groups is 1. The van der Waals surface area contributed by atoms with Crippen LogP contribution in [0.15, 0.2) is 48.7 Å². The number of H-pyrrole nitrogens is 1. The third-order valence-electron chi connectivity index (χ3n) is 6.23. The fourth-order valence-electron chi connectivity index (χ4n) is 4.69. The maximum Gasteiger partial charge on any atom is 0.221 e.